The third-order valence-corrected chi connectivity index (χ3v) is 2.09. The molecule has 2 N–H and O–H groups in total. The van der Waals surface area contributed by atoms with E-state index < -0.39 is 6.36 Å². The van der Waals surface area contributed by atoms with E-state index in [0.717, 1.165) is 0 Å². The summed E-state index contributed by atoms with van der Waals surface area (Å²) in [5.74, 6) is -0.239. The van der Waals surface area contributed by atoms with Crippen LogP contribution in [0.15, 0.2) is 36.4 Å². The number of ether oxygens (including phenoxy) is 1. The van der Waals surface area contributed by atoms with Crippen LogP contribution in [0.25, 0.3) is 10.8 Å². The standard InChI is InChI=1S/C11H8F3NO/c12-11(13,14)16-10-3-1-2-7-4-5-8(15)6-9(7)10/h1-6H,15H2. The van der Waals surface area contributed by atoms with Crippen molar-refractivity contribution in [2.24, 2.45) is 0 Å². The first-order chi connectivity index (χ1) is 7.46. The fourth-order valence-electron chi connectivity index (χ4n) is 1.48. The Morgan fingerprint density at radius 1 is 1.06 bits per heavy atom. The number of alkyl halides is 3. The molecule has 0 bridgehead atoms. The van der Waals surface area contributed by atoms with E-state index in [4.69, 9.17) is 5.73 Å². The summed E-state index contributed by atoms with van der Waals surface area (Å²) in [6.45, 7) is 0. The van der Waals surface area contributed by atoms with Crippen LogP contribution in [0.3, 0.4) is 0 Å². The minimum absolute atomic E-state index is 0.239. The minimum atomic E-state index is -4.70. The molecule has 0 aliphatic carbocycles. The lowest BCUT2D eigenvalue weighted by molar-refractivity contribution is -0.274. The molecule has 16 heavy (non-hydrogen) atoms. The summed E-state index contributed by atoms with van der Waals surface area (Å²) in [4.78, 5) is 0. The van der Waals surface area contributed by atoms with Gasteiger partial charge in [0.1, 0.15) is 5.75 Å². The molecule has 0 saturated heterocycles. The third kappa shape index (κ3) is 2.18. The lowest BCUT2D eigenvalue weighted by atomic mass is 10.1. The van der Waals surface area contributed by atoms with Gasteiger partial charge in [-0.05, 0) is 23.6 Å². The van der Waals surface area contributed by atoms with E-state index in [-0.39, 0.29) is 5.75 Å². The summed E-state index contributed by atoms with van der Waals surface area (Å²) in [6, 6.07) is 9.18. The van der Waals surface area contributed by atoms with Gasteiger partial charge >= 0.3 is 6.36 Å². The molecule has 0 atom stereocenters. The third-order valence-electron chi connectivity index (χ3n) is 2.09. The van der Waals surface area contributed by atoms with Crippen LogP contribution in [0, 0.1) is 0 Å². The number of benzene rings is 2. The van der Waals surface area contributed by atoms with E-state index in [2.05, 4.69) is 4.74 Å². The van der Waals surface area contributed by atoms with Crippen molar-refractivity contribution in [3.8, 4) is 5.75 Å². The zero-order chi connectivity index (χ0) is 11.8. The molecule has 2 aromatic carbocycles. The average molecular weight is 227 g/mol. The monoisotopic (exact) mass is 227 g/mol. The molecule has 0 spiro atoms. The second-order valence-electron chi connectivity index (χ2n) is 3.28. The van der Waals surface area contributed by atoms with Crippen molar-refractivity contribution in [1.82, 2.24) is 0 Å². The van der Waals surface area contributed by atoms with E-state index >= 15 is 0 Å². The molecule has 0 saturated carbocycles. The molecule has 0 aliphatic rings. The molecule has 0 amide bonds. The maximum Gasteiger partial charge on any atom is 0.573 e. The van der Waals surface area contributed by atoms with Gasteiger partial charge in [0, 0.05) is 11.1 Å². The van der Waals surface area contributed by atoms with Gasteiger partial charge in [-0.3, -0.25) is 0 Å². The second-order valence-corrected chi connectivity index (χ2v) is 3.28. The van der Waals surface area contributed by atoms with E-state index in [1.807, 2.05) is 0 Å². The molecule has 0 aromatic heterocycles. The summed E-state index contributed by atoms with van der Waals surface area (Å²) in [7, 11) is 0. The highest BCUT2D eigenvalue weighted by Gasteiger charge is 2.31. The Hall–Kier alpha value is -1.91. The zero-order valence-electron chi connectivity index (χ0n) is 8.08. The number of hydrogen-bond acceptors (Lipinski definition) is 2. The molecule has 2 rings (SSSR count). The SMILES string of the molecule is Nc1ccc2cccc(OC(F)(F)F)c2c1. The van der Waals surface area contributed by atoms with Gasteiger partial charge in [-0.2, -0.15) is 0 Å². The Labute approximate surface area is 89.4 Å². The van der Waals surface area contributed by atoms with Crippen molar-refractivity contribution < 1.29 is 17.9 Å². The Morgan fingerprint density at radius 3 is 2.50 bits per heavy atom. The van der Waals surface area contributed by atoms with Crippen molar-refractivity contribution in [2.75, 3.05) is 5.73 Å². The van der Waals surface area contributed by atoms with Crippen molar-refractivity contribution >= 4 is 16.5 Å². The van der Waals surface area contributed by atoms with Crippen molar-refractivity contribution in [3.05, 3.63) is 36.4 Å². The number of nitrogen functional groups attached to an aromatic ring is 1. The fraction of sp³-hybridized carbons (Fsp3) is 0.0909. The maximum atomic E-state index is 12.1. The van der Waals surface area contributed by atoms with Gasteiger partial charge in [0.2, 0.25) is 0 Å². The Bertz CT molecular complexity index is 522. The van der Waals surface area contributed by atoms with Gasteiger partial charge < -0.3 is 10.5 Å². The smallest absolute Gasteiger partial charge is 0.405 e. The van der Waals surface area contributed by atoms with Crippen LogP contribution in [0.1, 0.15) is 0 Å². The zero-order valence-corrected chi connectivity index (χ0v) is 8.08. The largest absolute Gasteiger partial charge is 0.573 e. The summed E-state index contributed by atoms with van der Waals surface area (Å²) in [5, 5.41) is 0.996. The number of halogens is 3. The number of nitrogens with two attached hydrogens (primary N) is 1. The molecule has 0 aliphatic heterocycles. The highest BCUT2D eigenvalue weighted by molar-refractivity contribution is 5.90. The molecule has 0 radical (unpaired) electrons. The predicted octanol–water partition coefficient (Wildman–Crippen LogP) is 3.32. The molecule has 2 nitrogen and oxygen atoms in total. The number of hydrogen-bond donors (Lipinski definition) is 1. The quantitative estimate of drug-likeness (QED) is 0.758. The average Bonchev–Trinajstić information content (AvgIpc) is 2.17. The molecule has 5 heteroatoms. The maximum absolute atomic E-state index is 12.1. The van der Waals surface area contributed by atoms with E-state index in [0.29, 0.717) is 16.5 Å². The topological polar surface area (TPSA) is 35.2 Å². The van der Waals surface area contributed by atoms with Crippen LogP contribution in [0.4, 0.5) is 18.9 Å². The molecule has 84 valence electrons. The van der Waals surface area contributed by atoms with Gasteiger partial charge in [-0.1, -0.05) is 18.2 Å². The van der Waals surface area contributed by atoms with Gasteiger partial charge in [-0.25, -0.2) is 0 Å². The molecule has 0 fully saturated rings. The summed E-state index contributed by atoms with van der Waals surface area (Å²) in [5.41, 5.74) is 5.91. The highest BCUT2D eigenvalue weighted by atomic mass is 19.4. The van der Waals surface area contributed by atoms with Gasteiger partial charge in [-0.15, -0.1) is 13.2 Å². The first-order valence-electron chi connectivity index (χ1n) is 4.50. The van der Waals surface area contributed by atoms with Crippen LogP contribution in [-0.4, -0.2) is 6.36 Å². The number of rotatable bonds is 1. The van der Waals surface area contributed by atoms with Crippen molar-refractivity contribution in [3.63, 3.8) is 0 Å². The molecule has 0 unspecified atom stereocenters. The van der Waals surface area contributed by atoms with Crippen LogP contribution in [0.5, 0.6) is 5.75 Å². The van der Waals surface area contributed by atoms with E-state index in [1.54, 1.807) is 18.2 Å². The van der Waals surface area contributed by atoms with Crippen LogP contribution >= 0.6 is 0 Å². The molecular formula is C11H8F3NO. The number of anilines is 1. The Morgan fingerprint density at radius 2 is 1.81 bits per heavy atom. The lowest BCUT2D eigenvalue weighted by Crippen LogP contribution is -2.17. The first-order valence-corrected chi connectivity index (χ1v) is 4.50. The molecule has 2 aromatic rings. The highest BCUT2D eigenvalue weighted by Crippen LogP contribution is 2.31. The molecule has 0 heterocycles. The first kappa shape index (κ1) is 10.6. The Balaban J connectivity index is 2.56. The van der Waals surface area contributed by atoms with Gasteiger partial charge in [0.25, 0.3) is 0 Å². The molecular weight excluding hydrogens is 219 g/mol. The van der Waals surface area contributed by atoms with Crippen LogP contribution < -0.4 is 10.5 Å². The van der Waals surface area contributed by atoms with Crippen LogP contribution in [0.2, 0.25) is 0 Å². The van der Waals surface area contributed by atoms with Crippen LogP contribution in [-0.2, 0) is 0 Å². The summed E-state index contributed by atoms with van der Waals surface area (Å²) >= 11 is 0. The normalized spacial score (nSPS) is 11.7. The van der Waals surface area contributed by atoms with Crippen molar-refractivity contribution in [1.29, 1.82) is 0 Å². The second kappa shape index (κ2) is 3.59. The van der Waals surface area contributed by atoms with Gasteiger partial charge in [0.15, 0.2) is 0 Å². The van der Waals surface area contributed by atoms with E-state index in [1.165, 1.54) is 18.2 Å². The summed E-state index contributed by atoms with van der Waals surface area (Å²) < 4.78 is 40.3. The van der Waals surface area contributed by atoms with Crippen molar-refractivity contribution in [2.45, 2.75) is 6.36 Å². The van der Waals surface area contributed by atoms with E-state index in [9.17, 15) is 13.2 Å². The predicted molar refractivity (Wildman–Crippen MR) is 55.0 cm³/mol. The fourth-order valence-corrected chi connectivity index (χ4v) is 1.48. The van der Waals surface area contributed by atoms with Gasteiger partial charge in [0.05, 0.1) is 0 Å². The summed E-state index contributed by atoms with van der Waals surface area (Å²) in [6.07, 6.45) is -4.70. The number of fused-ring (bicyclic) bond motifs is 1. The lowest BCUT2D eigenvalue weighted by Gasteiger charge is -2.11. The Kier molecular flexibility index (Phi) is 2.38. The minimum Gasteiger partial charge on any atom is -0.405 e.